The number of aromatic nitrogens is 1. The normalized spacial score (nSPS) is 13.9. The summed E-state index contributed by atoms with van der Waals surface area (Å²) in [5.41, 5.74) is 3.48. The van der Waals surface area contributed by atoms with Gasteiger partial charge in [0.25, 0.3) is 0 Å². The molecular formula is C23H25N3OS. The average Bonchev–Trinajstić information content (AvgIpc) is 2.88. The third-order valence-electron chi connectivity index (χ3n) is 5.27. The quantitative estimate of drug-likeness (QED) is 0.635. The molecule has 0 unspecified atom stereocenters. The minimum atomic E-state index is 0.00456. The summed E-state index contributed by atoms with van der Waals surface area (Å²) in [7, 11) is 1.86. The largest absolute Gasteiger partial charge is 0.370 e. The number of rotatable bonds is 4. The van der Waals surface area contributed by atoms with Crippen molar-refractivity contribution in [3.05, 3.63) is 64.2 Å². The lowest BCUT2D eigenvalue weighted by molar-refractivity contribution is -0.125. The van der Waals surface area contributed by atoms with Crippen LogP contribution in [0.15, 0.2) is 42.6 Å². The first-order chi connectivity index (χ1) is 13.6. The van der Waals surface area contributed by atoms with Crippen LogP contribution in [-0.4, -0.2) is 29.4 Å². The Kier molecular flexibility index (Phi) is 5.44. The van der Waals surface area contributed by atoms with Crippen LogP contribution >= 0.6 is 11.3 Å². The summed E-state index contributed by atoms with van der Waals surface area (Å²) in [5, 5.41) is 4.65. The van der Waals surface area contributed by atoms with Crippen molar-refractivity contribution in [2.45, 2.75) is 32.7 Å². The molecule has 0 atom stereocenters. The van der Waals surface area contributed by atoms with Crippen LogP contribution in [0.1, 0.15) is 34.4 Å². The highest BCUT2D eigenvalue weighted by atomic mass is 32.1. The SMILES string of the molecule is Cc1c(CN(C)C(=O)C=Cc2cnc3c(c2)CCCCN3)sc2ccccc12. The molecule has 1 aliphatic heterocycles. The van der Waals surface area contributed by atoms with Crippen LogP contribution in [0.4, 0.5) is 5.82 Å². The number of pyridine rings is 1. The van der Waals surface area contributed by atoms with Crippen molar-refractivity contribution in [1.82, 2.24) is 9.88 Å². The molecular weight excluding hydrogens is 366 g/mol. The second-order valence-electron chi connectivity index (χ2n) is 7.33. The average molecular weight is 392 g/mol. The van der Waals surface area contributed by atoms with Crippen LogP contribution in [0, 0.1) is 6.92 Å². The minimum Gasteiger partial charge on any atom is -0.370 e. The van der Waals surface area contributed by atoms with Crippen LogP contribution in [-0.2, 0) is 17.8 Å². The molecule has 0 bridgehead atoms. The zero-order chi connectivity index (χ0) is 19.5. The molecule has 0 fully saturated rings. The Morgan fingerprint density at radius 2 is 2.18 bits per heavy atom. The molecule has 3 heterocycles. The van der Waals surface area contributed by atoms with Gasteiger partial charge in [-0.25, -0.2) is 4.98 Å². The van der Waals surface area contributed by atoms with E-state index in [0.29, 0.717) is 6.54 Å². The number of hydrogen-bond donors (Lipinski definition) is 1. The van der Waals surface area contributed by atoms with Crippen LogP contribution in [0.2, 0.25) is 0 Å². The maximum Gasteiger partial charge on any atom is 0.246 e. The van der Waals surface area contributed by atoms with Crippen LogP contribution in [0.5, 0.6) is 0 Å². The van der Waals surface area contributed by atoms with Crippen molar-refractivity contribution in [3.63, 3.8) is 0 Å². The van der Waals surface area contributed by atoms with E-state index in [1.165, 1.54) is 38.9 Å². The van der Waals surface area contributed by atoms with Crippen molar-refractivity contribution in [1.29, 1.82) is 0 Å². The number of anilines is 1. The van der Waals surface area contributed by atoms with Crippen LogP contribution < -0.4 is 5.32 Å². The third-order valence-corrected chi connectivity index (χ3v) is 6.53. The topological polar surface area (TPSA) is 45.2 Å². The Labute approximate surface area is 169 Å². The zero-order valence-electron chi connectivity index (χ0n) is 16.4. The second-order valence-corrected chi connectivity index (χ2v) is 8.47. The molecule has 4 rings (SSSR count). The summed E-state index contributed by atoms with van der Waals surface area (Å²) < 4.78 is 1.27. The molecule has 28 heavy (non-hydrogen) atoms. The number of carbonyl (C=O) groups is 1. The fourth-order valence-corrected chi connectivity index (χ4v) is 4.85. The monoisotopic (exact) mass is 391 g/mol. The molecule has 1 amide bonds. The van der Waals surface area contributed by atoms with E-state index in [1.54, 1.807) is 22.3 Å². The Morgan fingerprint density at radius 3 is 3.04 bits per heavy atom. The first kappa shape index (κ1) is 18.7. The van der Waals surface area contributed by atoms with Crippen molar-refractivity contribution < 1.29 is 4.79 Å². The lowest BCUT2D eigenvalue weighted by atomic mass is 10.1. The Bertz CT molecular complexity index is 1040. The lowest BCUT2D eigenvalue weighted by Crippen LogP contribution is -2.23. The van der Waals surface area contributed by atoms with Crippen LogP contribution in [0.25, 0.3) is 16.2 Å². The smallest absolute Gasteiger partial charge is 0.246 e. The molecule has 144 valence electrons. The molecule has 4 nitrogen and oxygen atoms in total. The van der Waals surface area contributed by atoms with Gasteiger partial charge in [0.15, 0.2) is 0 Å². The maximum atomic E-state index is 12.6. The first-order valence-electron chi connectivity index (χ1n) is 9.75. The van der Waals surface area contributed by atoms with Crippen molar-refractivity contribution in [2.75, 3.05) is 18.9 Å². The lowest BCUT2D eigenvalue weighted by Gasteiger charge is -2.14. The molecule has 0 saturated heterocycles. The number of carbonyl (C=O) groups excluding carboxylic acids is 1. The minimum absolute atomic E-state index is 0.00456. The number of hydrogen-bond acceptors (Lipinski definition) is 4. The first-order valence-corrected chi connectivity index (χ1v) is 10.6. The molecule has 0 radical (unpaired) electrons. The van der Waals surface area contributed by atoms with Crippen molar-refractivity contribution in [3.8, 4) is 0 Å². The Balaban J connectivity index is 1.45. The molecule has 1 aromatic carbocycles. The van der Waals surface area contributed by atoms with Gasteiger partial charge >= 0.3 is 0 Å². The summed E-state index contributed by atoms with van der Waals surface area (Å²) in [4.78, 5) is 20.1. The zero-order valence-corrected chi connectivity index (χ0v) is 17.2. The Hall–Kier alpha value is -2.66. The standard InChI is InChI=1S/C23H25N3OS/c1-16-19-8-3-4-9-20(19)28-21(16)15-26(2)22(27)11-10-17-13-18-7-5-6-12-24-23(18)25-14-17/h3-4,8-11,13-14H,5-7,12,15H2,1-2H3,(H,24,25). The van der Waals surface area contributed by atoms with E-state index in [4.69, 9.17) is 0 Å². The van der Waals surface area contributed by atoms with Crippen molar-refractivity contribution in [2.24, 2.45) is 0 Å². The highest BCUT2D eigenvalue weighted by Gasteiger charge is 2.13. The van der Waals surface area contributed by atoms with E-state index in [-0.39, 0.29) is 5.91 Å². The number of thiophene rings is 1. The number of nitrogens with zero attached hydrogens (tertiary/aromatic N) is 2. The molecule has 3 aromatic rings. The maximum absolute atomic E-state index is 12.6. The van der Waals surface area contributed by atoms with Crippen molar-refractivity contribution >= 4 is 39.2 Å². The van der Waals surface area contributed by atoms with Gasteiger partial charge in [0.1, 0.15) is 5.82 Å². The fourth-order valence-electron chi connectivity index (χ4n) is 3.58. The van der Waals surface area contributed by atoms with Gasteiger partial charge in [-0.05, 0) is 66.5 Å². The molecule has 2 aromatic heterocycles. The third kappa shape index (κ3) is 3.94. The number of fused-ring (bicyclic) bond motifs is 2. The summed E-state index contributed by atoms with van der Waals surface area (Å²) in [5.74, 6) is 0.989. The highest BCUT2D eigenvalue weighted by Crippen LogP contribution is 2.31. The van der Waals surface area contributed by atoms with Gasteiger partial charge in [-0.15, -0.1) is 11.3 Å². The van der Waals surface area contributed by atoms with Gasteiger partial charge in [-0.1, -0.05) is 18.2 Å². The van der Waals surface area contributed by atoms with Crippen LogP contribution in [0.3, 0.4) is 0 Å². The van der Waals surface area contributed by atoms with Gasteiger partial charge in [-0.2, -0.15) is 0 Å². The summed E-state index contributed by atoms with van der Waals surface area (Å²) >= 11 is 1.77. The predicted octanol–water partition coefficient (Wildman–Crippen LogP) is 5.02. The van der Waals surface area contributed by atoms with Gasteiger partial charge in [0, 0.05) is 35.4 Å². The summed E-state index contributed by atoms with van der Waals surface area (Å²) in [6, 6.07) is 10.5. The molecule has 1 N–H and O–H groups in total. The molecule has 0 saturated carbocycles. The number of nitrogens with one attached hydrogen (secondary N) is 1. The summed E-state index contributed by atoms with van der Waals surface area (Å²) in [6.45, 7) is 3.74. The second kappa shape index (κ2) is 8.15. The van der Waals surface area contributed by atoms with Gasteiger partial charge < -0.3 is 10.2 Å². The number of benzene rings is 1. The number of likely N-dealkylation sites (N-methyl/N-ethyl adjacent to an activating group) is 1. The van der Waals surface area contributed by atoms with E-state index < -0.39 is 0 Å². The van der Waals surface area contributed by atoms with Gasteiger partial charge in [-0.3, -0.25) is 4.79 Å². The fraction of sp³-hybridized carbons (Fsp3) is 0.304. The summed E-state index contributed by atoms with van der Waals surface area (Å²) in [6.07, 6.45) is 8.73. The molecule has 1 aliphatic rings. The highest BCUT2D eigenvalue weighted by molar-refractivity contribution is 7.19. The number of aryl methyl sites for hydroxylation is 2. The molecule has 0 aliphatic carbocycles. The van der Waals surface area contributed by atoms with E-state index in [1.807, 2.05) is 19.3 Å². The number of amides is 1. The Morgan fingerprint density at radius 1 is 1.32 bits per heavy atom. The van der Waals surface area contributed by atoms with E-state index >= 15 is 0 Å². The predicted molar refractivity (Wildman–Crippen MR) is 118 cm³/mol. The van der Waals surface area contributed by atoms with Gasteiger partial charge in [0.05, 0.1) is 6.54 Å². The van der Waals surface area contributed by atoms with E-state index in [0.717, 1.165) is 24.3 Å². The molecule has 0 spiro atoms. The van der Waals surface area contributed by atoms with E-state index in [9.17, 15) is 4.79 Å². The molecule has 5 heteroatoms. The van der Waals surface area contributed by atoms with Gasteiger partial charge in [0.2, 0.25) is 5.91 Å². The van der Waals surface area contributed by atoms with E-state index in [2.05, 4.69) is 47.6 Å².